The van der Waals surface area contributed by atoms with Gasteiger partial charge in [-0.3, -0.25) is 0 Å². The van der Waals surface area contributed by atoms with Crippen molar-refractivity contribution in [3.8, 4) is 0 Å². The molecular formula is BaKO3Si+. The van der Waals surface area contributed by atoms with Crippen molar-refractivity contribution in [2.24, 2.45) is 0 Å². The molecule has 0 aromatic rings. The summed E-state index contributed by atoms with van der Waals surface area (Å²) in [6, 6.07) is 0. The van der Waals surface area contributed by atoms with E-state index in [1.165, 1.54) is 0 Å². The van der Waals surface area contributed by atoms with E-state index in [4.69, 9.17) is 14.1 Å². The minimum Gasteiger partial charge on any atom is -0.672 e. The maximum absolute atomic E-state index is 8.52. The first-order valence-corrected chi connectivity index (χ1v) is 1.84. The van der Waals surface area contributed by atoms with E-state index in [-0.39, 0.29) is 100 Å². The number of hydrogen-bond donors (Lipinski definition) is 0. The Morgan fingerprint density at radius 2 is 1.33 bits per heavy atom. The molecule has 0 aromatic carbocycles. The molecule has 0 rings (SSSR count). The predicted octanol–water partition coefficient (Wildman–Crippen LogP) is -6.25. The van der Waals surface area contributed by atoms with Crippen LogP contribution in [-0.2, 0) is 4.46 Å². The van der Waals surface area contributed by atoms with Gasteiger partial charge in [-0.05, 0) is 0 Å². The van der Waals surface area contributed by atoms with Crippen LogP contribution in [0.1, 0.15) is 0 Å². The minimum atomic E-state index is -3.63. The van der Waals surface area contributed by atoms with Crippen molar-refractivity contribution >= 4 is 58.1 Å². The van der Waals surface area contributed by atoms with E-state index in [1.54, 1.807) is 0 Å². The predicted molar refractivity (Wildman–Crippen MR) is 12.2 cm³/mol. The van der Waals surface area contributed by atoms with E-state index >= 15 is 0 Å². The molecule has 0 unspecified atom stereocenters. The maximum atomic E-state index is 8.52. The van der Waals surface area contributed by atoms with E-state index in [0.717, 1.165) is 0 Å². The van der Waals surface area contributed by atoms with E-state index in [2.05, 4.69) is 0 Å². The SMILES string of the molecule is O=[Si]([O-])[O-].[Ba+2].[K+]. The molecule has 0 aromatic heterocycles. The minimum absolute atomic E-state index is 0. The molecule has 0 heterocycles. The van der Waals surface area contributed by atoms with Crippen LogP contribution in [-0.4, -0.2) is 58.1 Å². The Hall–Kier alpha value is 2.82. The zero-order chi connectivity index (χ0) is 3.58. The van der Waals surface area contributed by atoms with Gasteiger partial charge >= 0.3 is 100 Å². The Labute approximate surface area is 120 Å². The van der Waals surface area contributed by atoms with Gasteiger partial charge in [0.25, 0.3) is 0 Å². The van der Waals surface area contributed by atoms with Gasteiger partial charge in [0.2, 0.25) is 0 Å². The Kier molecular flexibility index (Phi) is 28.5. The van der Waals surface area contributed by atoms with E-state index in [1.807, 2.05) is 0 Å². The van der Waals surface area contributed by atoms with Crippen molar-refractivity contribution in [1.82, 2.24) is 0 Å². The van der Waals surface area contributed by atoms with Crippen LogP contribution in [0.3, 0.4) is 0 Å². The third-order valence-electron chi connectivity index (χ3n) is 0. The van der Waals surface area contributed by atoms with Crippen LogP contribution in [0.4, 0.5) is 0 Å². The first kappa shape index (κ1) is 15.9. The molecule has 0 saturated heterocycles. The summed E-state index contributed by atoms with van der Waals surface area (Å²) in [7, 11) is -3.63. The molecule has 0 aliphatic carbocycles. The van der Waals surface area contributed by atoms with Gasteiger partial charge in [-0.2, -0.15) is 0 Å². The van der Waals surface area contributed by atoms with Crippen LogP contribution < -0.4 is 61.0 Å². The molecule has 0 spiro atoms. The molecule has 0 amide bonds. The second-order valence-corrected chi connectivity index (χ2v) is 0.750. The Morgan fingerprint density at radius 3 is 1.33 bits per heavy atom. The van der Waals surface area contributed by atoms with Crippen LogP contribution >= 0.6 is 0 Å². The third-order valence-corrected chi connectivity index (χ3v) is 0. The largest absolute Gasteiger partial charge is 2.00 e. The smallest absolute Gasteiger partial charge is 0.672 e. The van der Waals surface area contributed by atoms with Crippen molar-refractivity contribution < 1.29 is 65.4 Å². The molecule has 24 valence electrons. The van der Waals surface area contributed by atoms with Crippen LogP contribution in [0.5, 0.6) is 0 Å². The molecule has 0 aliphatic heterocycles. The van der Waals surface area contributed by atoms with Gasteiger partial charge in [-0.15, -0.1) is 0 Å². The quantitative estimate of drug-likeness (QED) is 0.403. The monoisotopic (exact) mass is 253 g/mol. The van der Waals surface area contributed by atoms with Crippen molar-refractivity contribution in [1.29, 1.82) is 0 Å². The standard InChI is InChI=1S/Ba.K.O3Si/c;;1-4(2)3/q+2;+1;-2. The van der Waals surface area contributed by atoms with Crippen molar-refractivity contribution in [3.63, 3.8) is 0 Å². The van der Waals surface area contributed by atoms with Gasteiger partial charge in [0.05, 0.1) is 0 Å². The van der Waals surface area contributed by atoms with Crippen LogP contribution in [0.2, 0.25) is 0 Å². The molecule has 0 aliphatic rings. The van der Waals surface area contributed by atoms with Gasteiger partial charge in [-0.25, -0.2) is 0 Å². The third kappa shape index (κ3) is 29.0. The van der Waals surface area contributed by atoms with E-state index in [0.29, 0.717) is 0 Å². The first-order chi connectivity index (χ1) is 1.73. The topological polar surface area (TPSA) is 63.2 Å². The molecule has 0 bridgehead atoms. The summed E-state index contributed by atoms with van der Waals surface area (Å²) >= 11 is 0. The van der Waals surface area contributed by atoms with Gasteiger partial charge in [0.15, 0.2) is 0 Å². The Morgan fingerprint density at radius 1 is 1.33 bits per heavy atom. The van der Waals surface area contributed by atoms with Crippen molar-refractivity contribution in [2.75, 3.05) is 0 Å². The number of rotatable bonds is 0. The summed E-state index contributed by atoms with van der Waals surface area (Å²) < 4.78 is 8.52. The summed E-state index contributed by atoms with van der Waals surface area (Å²) in [6.07, 6.45) is 0. The van der Waals surface area contributed by atoms with Gasteiger partial charge < -0.3 is 14.1 Å². The maximum Gasteiger partial charge on any atom is 2.00 e. The zero-order valence-corrected chi connectivity index (χ0v) is 12.0. The second-order valence-electron chi connectivity index (χ2n) is 0.250. The van der Waals surface area contributed by atoms with Gasteiger partial charge in [-0.1, -0.05) is 0 Å². The molecule has 6 heteroatoms. The molecule has 0 N–H and O–H groups in total. The van der Waals surface area contributed by atoms with Gasteiger partial charge in [0, 0.05) is 9.17 Å². The van der Waals surface area contributed by atoms with Crippen LogP contribution in [0, 0.1) is 0 Å². The van der Waals surface area contributed by atoms with Gasteiger partial charge in [0.1, 0.15) is 0 Å². The summed E-state index contributed by atoms with van der Waals surface area (Å²) in [4.78, 5) is 17.0. The van der Waals surface area contributed by atoms with Crippen LogP contribution in [0.25, 0.3) is 0 Å². The average Bonchev–Trinajstić information content (AvgIpc) is 0.811. The average molecular weight is 253 g/mol. The summed E-state index contributed by atoms with van der Waals surface area (Å²) in [6.45, 7) is 0. The normalized spacial score (nSPS) is 4.00. The fourth-order valence-corrected chi connectivity index (χ4v) is 0. The summed E-state index contributed by atoms with van der Waals surface area (Å²) in [5.41, 5.74) is 0. The number of hydrogen-bond acceptors (Lipinski definition) is 3. The summed E-state index contributed by atoms with van der Waals surface area (Å²) in [5, 5.41) is 0. The fraction of sp³-hybridized carbons (Fsp3) is 0. The molecule has 0 fully saturated rings. The second kappa shape index (κ2) is 10.7. The molecule has 0 atom stereocenters. The van der Waals surface area contributed by atoms with Crippen LogP contribution in [0.15, 0.2) is 0 Å². The first-order valence-electron chi connectivity index (χ1n) is 0.612. The molecule has 0 saturated carbocycles. The molecule has 3 nitrogen and oxygen atoms in total. The van der Waals surface area contributed by atoms with Crippen molar-refractivity contribution in [2.45, 2.75) is 0 Å². The summed E-state index contributed by atoms with van der Waals surface area (Å²) in [5.74, 6) is 0. The van der Waals surface area contributed by atoms with E-state index in [9.17, 15) is 0 Å². The molecule has 6 heavy (non-hydrogen) atoms. The van der Waals surface area contributed by atoms with Crippen molar-refractivity contribution in [3.05, 3.63) is 0 Å². The molecular weight excluding hydrogens is 253 g/mol. The Balaban J connectivity index is -0.0000000450. The molecule has 0 radical (unpaired) electrons. The van der Waals surface area contributed by atoms with E-state index < -0.39 is 9.17 Å². The fourth-order valence-electron chi connectivity index (χ4n) is 0. The zero-order valence-electron chi connectivity index (χ0n) is 3.43. The Bertz CT molecular complexity index is 33.8.